The molecule has 1 aliphatic rings. The van der Waals surface area contributed by atoms with Gasteiger partial charge in [0.2, 0.25) is 0 Å². The number of rotatable bonds is 25. The summed E-state index contributed by atoms with van der Waals surface area (Å²) in [7, 11) is -12.1. The van der Waals surface area contributed by atoms with Gasteiger partial charge in [-0.25, -0.2) is 32.9 Å². The maximum atomic E-state index is 12.4. The zero-order chi connectivity index (χ0) is 93.0. The first kappa shape index (κ1) is 105. The van der Waals surface area contributed by atoms with Gasteiger partial charge in [0.25, 0.3) is 17.7 Å². The molecule has 0 radical (unpaired) electrons. The van der Waals surface area contributed by atoms with Crippen molar-refractivity contribution in [2.45, 2.75) is 114 Å². The first-order valence-electron chi connectivity index (χ1n) is 40.2. The normalized spacial score (nSPS) is 14.5. The first-order valence-corrected chi connectivity index (χ1v) is 51.0. The molecular weight excluding hydrogens is 1970 g/mol. The lowest BCUT2D eigenvalue weighted by Crippen LogP contribution is -2.29. The van der Waals surface area contributed by atoms with Crippen LogP contribution in [-0.2, 0) is 61.9 Å². The second-order valence-corrected chi connectivity index (χ2v) is 41.5. The molecule has 0 bridgehead atoms. The second kappa shape index (κ2) is 55.4. The molecule has 28 nitrogen and oxygen atoms in total. The summed E-state index contributed by atoms with van der Waals surface area (Å²) >= 11 is 15.4. The molecule has 14 aromatic rings. The number of carbonyl (C=O) groups excluding carboxylic acids is 5. The molecule has 0 aliphatic carbocycles. The van der Waals surface area contributed by atoms with Crippen molar-refractivity contribution in [2.75, 3.05) is 59.8 Å². The minimum Gasteiger partial charge on any atom is -0.458 e. The first-order chi connectivity index (χ1) is 61.4. The van der Waals surface area contributed by atoms with Gasteiger partial charge in [0.1, 0.15) is 5.76 Å². The van der Waals surface area contributed by atoms with Gasteiger partial charge in [0.05, 0.1) is 24.7 Å². The summed E-state index contributed by atoms with van der Waals surface area (Å²) in [6, 6.07) is 54.3. The quantitative estimate of drug-likeness (QED) is 0.0229. The Labute approximate surface area is 785 Å². The number of thiazole rings is 4. The van der Waals surface area contributed by atoms with E-state index in [1.165, 1.54) is 109 Å². The van der Waals surface area contributed by atoms with Crippen LogP contribution in [0.1, 0.15) is 156 Å². The zero-order valence-corrected chi connectivity index (χ0v) is 82.7. The van der Waals surface area contributed by atoms with Crippen molar-refractivity contribution >= 4 is 173 Å². The van der Waals surface area contributed by atoms with Gasteiger partial charge in [0.15, 0.2) is 51.8 Å². The Hall–Kier alpha value is -9.64. The minimum atomic E-state index is -3.57. The number of benzene rings is 4. The zero-order valence-electron chi connectivity index (χ0n) is 72.0. The third kappa shape index (κ3) is 38.6. The Morgan fingerprint density at radius 2 is 0.781 bits per heavy atom. The Kier molecular flexibility index (Phi) is 45.6. The standard InChI is InChI=1S/C21H17N3O2S.2C16H13BrN2O2S.C11H12N2S.C9H21O6P3.C6H15N.C5H6BNO2.C4H3BrO.CO2/c1-14-4-6-15(7-5-14)11-17-13-23-21(27-17)24-20(25)19-9-8-18(26-19)16-3-2-10-22-12-16;2*1-10-2-4-11(5-3-10)8-12-9-18-16(22-12)19-15(20)13-6-7-14(17)21-13;1-8-2-4-9(5-3-8)6-10-7-13-11(12)14-10;1-4-7-16(10)13-17(11,8-5-2)15-18(12,14-16)9-6-3;1-4-7(5-2)6-3;8-6(9)5-2-1-3-7-4-5;5-4-2-1-3-6-4;2-1-3/h2-10,12-13H,11H2,1H3,(H,23,24,25);2*2-7,9H,8H2,1H3,(H,18,19,20);2-5,7H,6H2,1H3,(H2,12,13);4-9H2,1-3H3;4-6H2,1-3H3;1-4,8-9H;1-3H;. The summed E-state index contributed by atoms with van der Waals surface area (Å²) < 4.78 is 74.9. The van der Waals surface area contributed by atoms with Gasteiger partial charge in [-0.3, -0.25) is 54.0 Å². The van der Waals surface area contributed by atoms with Gasteiger partial charge in [-0.15, -0.1) is 45.3 Å². The molecule has 11 heterocycles. The Balaban J connectivity index is 0.000000207. The van der Waals surface area contributed by atoms with Crippen LogP contribution in [0.3, 0.4) is 0 Å². The molecule has 4 aromatic carbocycles. The number of nitrogens with one attached hydrogen (secondary N) is 3. The van der Waals surface area contributed by atoms with Crippen molar-refractivity contribution in [3.05, 3.63) is 321 Å². The molecule has 7 N–H and O–H groups in total. The molecule has 1 saturated heterocycles. The number of aromatic nitrogens is 6. The Morgan fingerprint density at radius 3 is 1.04 bits per heavy atom. The van der Waals surface area contributed by atoms with Gasteiger partial charge < -0.3 is 38.4 Å². The molecule has 15 rings (SSSR count). The predicted molar refractivity (Wildman–Crippen MR) is 518 cm³/mol. The van der Waals surface area contributed by atoms with Crippen LogP contribution in [0.5, 0.6) is 0 Å². The van der Waals surface area contributed by atoms with E-state index in [2.05, 4.69) is 244 Å². The number of anilines is 4. The predicted octanol–water partition coefficient (Wildman–Crippen LogP) is 23.3. The molecule has 128 heavy (non-hydrogen) atoms. The van der Waals surface area contributed by atoms with Crippen molar-refractivity contribution in [1.82, 2.24) is 34.8 Å². The van der Waals surface area contributed by atoms with E-state index in [0.29, 0.717) is 60.4 Å². The van der Waals surface area contributed by atoms with Crippen LogP contribution in [0.2, 0.25) is 0 Å². The summed E-state index contributed by atoms with van der Waals surface area (Å²) in [5, 5.41) is 27.7. The number of halogens is 3. The van der Waals surface area contributed by atoms with Crippen molar-refractivity contribution in [3.63, 3.8) is 0 Å². The number of aryl methyl sites for hydroxylation is 4. The fraction of sp³-hybridized carbons (Fsp3) is 0.258. The number of amides is 3. The third-order valence-corrected chi connectivity index (χ3v) is 31.1. The SMILES string of the molecule is Brc1ccco1.CCCP1(=O)OP(=O)(CCC)OP(=O)(CCC)O1.CCN(CC)CC.Cc1ccc(Cc2cnc(N)s2)cc1.Cc1ccc(Cc2cnc(NC(=O)c3ccc(-c4cccnc4)o3)s2)cc1.Cc1ccc(Cc2cnc(NC(=O)c3ccc(Br)o3)s2)cc1.Cc1ccc(Cc2cnc(NC(=O)c3ccc(Br)o3)s2)cc1.O=C=O.OB(O)c1cccnc1. The lowest BCUT2D eigenvalue weighted by atomic mass is 9.82. The summed E-state index contributed by atoms with van der Waals surface area (Å²) in [6.45, 7) is 23.8. The van der Waals surface area contributed by atoms with Gasteiger partial charge in [-0.2, -0.15) is 9.59 Å². The highest BCUT2D eigenvalue weighted by molar-refractivity contribution is 9.11. The lowest BCUT2D eigenvalue weighted by Gasteiger charge is -2.33. The van der Waals surface area contributed by atoms with Gasteiger partial charge in [-0.1, -0.05) is 167 Å². The Bertz CT molecular complexity index is 5600. The van der Waals surface area contributed by atoms with E-state index in [1.54, 1.807) is 124 Å². The minimum absolute atomic E-state index is 0.109. The molecule has 0 spiro atoms. The average molecular weight is 2070 g/mol. The summed E-state index contributed by atoms with van der Waals surface area (Å²) in [4.78, 5) is 84.0. The molecule has 10 aromatic heterocycles. The van der Waals surface area contributed by atoms with Crippen LogP contribution in [0, 0.1) is 27.7 Å². The topological polar surface area (TPSA) is 400 Å². The highest BCUT2D eigenvalue weighted by Crippen LogP contribution is 2.82. The smallest absolute Gasteiger partial charge is 0.458 e. The average Bonchev–Trinajstić information content (AvgIpc) is 0.973. The fourth-order valence-corrected chi connectivity index (χ4v) is 24.4. The number of carbonyl (C=O) groups is 3. The van der Waals surface area contributed by atoms with E-state index in [0.717, 1.165) is 50.5 Å². The fourth-order valence-electron chi connectivity index (χ4n) is 11.0. The van der Waals surface area contributed by atoms with Gasteiger partial charge in [0, 0.05) is 106 Å². The maximum Gasteiger partial charge on any atom is 0.490 e. The number of hydrogen-bond donors (Lipinski definition) is 6. The highest BCUT2D eigenvalue weighted by Gasteiger charge is 2.51. The van der Waals surface area contributed by atoms with Crippen LogP contribution in [0.15, 0.2) is 257 Å². The van der Waals surface area contributed by atoms with E-state index < -0.39 is 29.9 Å². The van der Waals surface area contributed by atoms with E-state index >= 15 is 0 Å². The number of nitrogen functional groups attached to an aromatic ring is 1. The molecule has 0 saturated carbocycles. The highest BCUT2D eigenvalue weighted by atomic mass is 79.9. The van der Waals surface area contributed by atoms with Crippen LogP contribution < -0.4 is 27.1 Å². The Morgan fingerprint density at radius 1 is 0.438 bits per heavy atom. The molecule has 1 fully saturated rings. The molecule has 39 heteroatoms. The molecular formula is C89H100BBr3N11O17P3S4. The summed E-state index contributed by atoms with van der Waals surface area (Å²) in [6.07, 6.45) is 20.7. The number of hydrogen-bond acceptors (Lipinski definition) is 29. The molecule has 0 atom stereocenters. The van der Waals surface area contributed by atoms with Gasteiger partial charge in [-0.05, 0) is 203 Å². The van der Waals surface area contributed by atoms with Crippen LogP contribution in [-0.4, -0.2) is 114 Å². The second-order valence-electron chi connectivity index (χ2n) is 27.7. The van der Waals surface area contributed by atoms with E-state index in [1.807, 2.05) is 30.5 Å². The molecule has 1 aliphatic heterocycles. The lowest BCUT2D eigenvalue weighted by molar-refractivity contribution is -0.191. The number of nitrogens with zero attached hydrogens (tertiary/aromatic N) is 7. The van der Waals surface area contributed by atoms with Crippen molar-refractivity contribution in [1.29, 1.82) is 0 Å². The van der Waals surface area contributed by atoms with E-state index in [4.69, 9.17) is 56.0 Å². The summed E-state index contributed by atoms with van der Waals surface area (Å²) in [5.74, 6) is 0.422. The largest absolute Gasteiger partial charge is 0.490 e. The number of pyridine rings is 2. The molecule has 3 amide bonds. The molecule has 676 valence electrons. The van der Waals surface area contributed by atoms with Crippen molar-refractivity contribution in [3.8, 4) is 11.3 Å². The third-order valence-electron chi connectivity index (χ3n) is 17.3. The van der Waals surface area contributed by atoms with Gasteiger partial charge >= 0.3 is 36.1 Å². The van der Waals surface area contributed by atoms with Crippen LogP contribution in [0.4, 0.5) is 20.5 Å². The van der Waals surface area contributed by atoms with E-state index in [9.17, 15) is 28.1 Å². The van der Waals surface area contributed by atoms with Crippen molar-refractivity contribution < 1.29 is 78.3 Å². The summed E-state index contributed by atoms with van der Waals surface area (Å²) in [5.41, 5.74) is 16.8. The molecule has 0 unspecified atom stereocenters. The van der Waals surface area contributed by atoms with Crippen LogP contribution in [0.25, 0.3) is 11.3 Å². The number of furan rings is 4. The maximum absolute atomic E-state index is 12.4. The monoisotopic (exact) mass is 2060 g/mol. The number of nitrogens with two attached hydrogens (primary N) is 1. The van der Waals surface area contributed by atoms with Crippen molar-refractivity contribution in [2.24, 2.45) is 0 Å². The van der Waals surface area contributed by atoms with E-state index in [-0.39, 0.29) is 59.6 Å². The van der Waals surface area contributed by atoms with Crippen LogP contribution >= 0.6 is 116 Å².